The van der Waals surface area contributed by atoms with Crippen LogP contribution in [-0.4, -0.2) is 56.8 Å². The quantitative estimate of drug-likeness (QED) is 0.721. The molecule has 2 aromatic carbocycles. The van der Waals surface area contributed by atoms with Crippen LogP contribution in [0.15, 0.2) is 47.4 Å². The molecular weight excluding hydrogens is 395 g/mol. The minimum atomic E-state index is -3.55. The van der Waals surface area contributed by atoms with E-state index in [0.717, 1.165) is 11.1 Å². The number of carbonyl (C=O) groups is 1. The first-order valence-electron chi connectivity index (χ1n) is 9.48. The molecule has 0 bridgehead atoms. The second-order valence-electron chi connectivity index (χ2n) is 7.07. The molecule has 3 rings (SSSR count). The Morgan fingerprint density at radius 2 is 1.72 bits per heavy atom. The zero-order valence-corrected chi connectivity index (χ0v) is 17.4. The average molecular weight is 421 g/mol. The summed E-state index contributed by atoms with van der Waals surface area (Å²) in [6, 6.07) is 11.4. The first-order valence-corrected chi connectivity index (χ1v) is 10.9. The van der Waals surface area contributed by atoms with Gasteiger partial charge < -0.3 is 9.64 Å². The highest BCUT2D eigenvalue weighted by Crippen LogP contribution is 2.20. The molecule has 1 amide bonds. The van der Waals surface area contributed by atoms with Crippen molar-refractivity contribution in [2.45, 2.75) is 24.7 Å². The van der Waals surface area contributed by atoms with Gasteiger partial charge in [0.05, 0.1) is 12.0 Å². The molecular formula is C21H25FN2O4S. The lowest BCUT2D eigenvalue weighted by Gasteiger charge is -2.34. The van der Waals surface area contributed by atoms with Crippen LogP contribution in [0.2, 0.25) is 0 Å². The SMILES string of the molecule is COc1ccc(CCC(=O)N2CCN(S(=O)(=O)c3ccc(C)cc3)CC2)cc1F. The summed E-state index contributed by atoms with van der Waals surface area (Å²) in [4.78, 5) is 14.4. The summed E-state index contributed by atoms with van der Waals surface area (Å²) in [7, 11) is -2.15. The standard InChI is InChI=1S/C21H25FN2O4S/c1-16-3-7-18(8-4-16)29(26,27)24-13-11-23(12-14-24)21(25)10-6-17-5-9-20(28-2)19(22)15-17/h3-5,7-9,15H,6,10-14H2,1-2H3. The van der Waals surface area contributed by atoms with Crippen molar-refractivity contribution < 1.29 is 22.3 Å². The minimum Gasteiger partial charge on any atom is -0.494 e. The lowest BCUT2D eigenvalue weighted by Crippen LogP contribution is -2.50. The van der Waals surface area contributed by atoms with E-state index in [0.29, 0.717) is 19.5 Å². The van der Waals surface area contributed by atoms with Crippen molar-refractivity contribution in [3.63, 3.8) is 0 Å². The highest BCUT2D eigenvalue weighted by Gasteiger charge is 2.29. The van der Waals surface area contributed by atoms with Crippen LogP contribution in [0.1, 0.15) is 17.5 Å². The zero-order valence-electron chi connectivity index (χ0n) is 16.6. The number of hydrogen-bond acceptors (Lipinski definition) is 4. The van der Waals surface area contributed by atoms with Gasteiger partial charge >= 0.3 is 0 Å². The highest BCUT2D eigenvalue weighted by atomic mass is 32.2. The zero-order chi connectivity index (χ0) is 21.0. The fourth-order valence-corrected chi connectivity index (χ4v) is 4.73. The molecule has 2 aromatic rings. The second-order valence-corrected chi connectivity index (χ2v) is 9.00. The Morgan fingerprint density at radius 3 is 2.31 bits per heavy atom. The molecule has 0 aromatic heterocycles. The molecule has 0 N–H and O–H groups in total. The van der Waals surface area contributed by atoms with E-state index in [1.807, 2.05) is 6.92 Å². The summed E-state index contributed by atoms with van der Waals surface area (Å²) in [5.74, 6) is -0.341. The Hall–Kier alpha value is -2.45. The Kier molecular flexibility index (Phi) is 6.54. The summed E-state index contributed by atoms with van der Waals surface area (Å²) < 4.78 is 45.6. The predicted octanol–water partition coefficient (Wildman–Crippen LogP) is 2.61. The Labute approximate surface area is 170 Å². The molecule has 0 aliphatic carbocycles. The summed E-state index contributed by atoms with van der Waals surface area (Å²) >= 11 is 0. The molecule has 0 unspecified atom stereocenters. The third kappa shape index (κ3) is 4.94. The number of aryl methyl sites for hydroxylation is 2. The van der Waals surface area contributed by atoms with E-state index >= 15 is 0 Å². The summed E-state index contributed by atoms with van der Waals surface area (Å²) in [6.45, 7) is 3.13. The molecule has 156 valence electrons. The number of nitrogens with zero attached hydrogens (tertiary/aromatic N) is 2. The molecule has 1 aliphatic rings. The summed E-state index contributed by atoms with van der Waals surface area (Å²) in [6.07, 6.45) is 0.665. The van der Waals surface area contributed by atoms with Crippen molar-refractivity contribution in [1.82, 2.24) is 9.21 Å². The van der Waals surface area contributed by atoms with Crippen LogP contribution in [0.3, 0.4) is 0 Å². The number of sulfonamides is 1. The molecule has 1 fully saturated rings. The third-order valence-corrected chi connectivity index (χ3v) is 7.01. The lowest BCUT2D eigenvalue weighted by atomic mass is 10.1. The molecule has 1 saturated heterocycles. The van der Waals surface area contributed by atoms with E-state index in [-0.39, 0.29) is 36.1 Å². The van der Waals surface area contributed by atoms with Crippen LogP contribution in [0, 0.1) is 12.7 Å². The van der Waals surface area contributed by atoms with E-state index in [4.69, 9.17) is 4.74 Å². The summed E-state index contributed by atoms with van der Waals surface area (Å²) in [5, 5.41) is 0. The first-order chi connectivity index (χ1) is 13.8. The second kappa shape index (κ2) is 8.92. The van der Waals surface area contributed by atoms with Gasteiger partial charge in [0.1, 0.15) is 0 Å². The first kappa shape index (κ1) is 21.3. The van der Waals surface area contributed by atoms with Crippen molar-refractivity contribution in [3.05, 3.63) is 59.4 Å². The number of hydrogen-bond donors (Lipinski definition) is 0. The molecule has 0 radical (unpaired) electrons. The molecule has 0 saturated carbocycles. The number of benzene rings is 2. The van der Waals surface area contributed by atoms with Gasteiger partial charge in [-0.1, -0.05) is 23.8 Å². The number of amides is 1. The number of rotatable bonds is 6. The van der Waals surface area contributed by atoms with Gasteiger partial charge in [-0.3, -0.25) is 4.79 Å². The monoisotopic (exact) mass is 420 g/mol. The van der Waals surface area contributed by atoms with Crippen LogP contribution in [0.25, 0.3) is 0 Å². The van der Waals surface area contributed by atoms with Crippen LogP contribution in [-0.2, 0) is 21.2 Å². The largest absolute Gasteiger partial charge is 0.494 e. The molecule has 8 heteroatoms. The van der Waals surface area contributed by atoms with Gasteiger partial charge in [0, 0.05) is 32.6 Å². The van der Waals surface area contributed by atoms with Gasteiger partial charge in [0.15, 0.2) is 11.6 Å². The van der Waals surface area contributed by atoms with Crippen molar-refractivity contribution in [2.75, 3.05) is 33.3 Å². The Bertz CT molecular complexity index is 969. The lowest BCUT2D eigenvalue weighted by molar-refractivity contribution is -0.132. The molecule has 29 heavy (non-hydrogen) atoms. The summed E-state index contributed by atoms with van der Waals surface area (Å²) in [5.41, 5.74) is 1.72. The van der Waals surface area contributed by atoms with Crippen molar-refractivity contribution in [2.24, 2.45) is 0 Å². The Morgan fingerprint density at radius 1 is 1.07 bits per heavy atom. The van der Waals surface area contributed by atoms with E-state index in [2.05, 4.69) is 0 Å². The maximum absolute atomic E-state index is 13.8. The van der Waals surface area contributed by atoms with Crippen molar-refractivity contribution in [1.29, 1.82) is 0 Å². The van der Waals surface area contributed by atoms with Crippen LogP contribution in [0.4, 0.5) is 4.39 Å². The fraction of sp³-hybridized carbons (Fsp3) is 0.381. The molecule has 6 nitrogen and oxygen atoms in total. The van der Waals surface area contributed by atoms with E-state index in [9.17, 15) is 17.6 Å². The highest BCUT2D eigenvalue weighted by molar-refractivity contribution is 7.89. The van der Waals surface area contributed by atoms with Gasteiger partial charge in [0.25, 0.3) is 0 Å². The Balaban J connectivity index is 1.54. The fourth-order valence-electron chi connectivity index (χ4n) is 3.31. The van der Waals surface area contributed by atoms with Crippen molar-refractivity contribution >= 4 is 15.9 Å². The van der Waals surface area contributed by atoms with Crippen LogP contribution < -0.4 is 4.74 Å². The molecule has 1 heterocycles. The van der Waals surface area contributed by atoms with E-state index < -0.39 is 15.8 Å². The minimum absolute atomic E-state index is 0.0615. The number of piperazine rings is 1. The van der Waals surface area contributed by atoms with Crippen LogP contribution >= 0.6 is 0 Å². The van der Waals surface area contributed by atoms with Crippen molar-refractivity contribution in [3.8, 4) is 5.75 Å². The molecule has 0 atom stereocenters. The maximum Gasteiger partial charge on any atom is 0.243 e. The molecule has 1 aliphatic heterocycles. The number of carbonyl (C=O) groups excluding carboxylic acids is 1. The number of halogens is 1. The third-order valence-electron chi connectivity index (χ3n) is 5.09. The van der Waals surface area contributed by atoms with Gasteiger partial charge in [-0.2, -0.15) is 4.31 Å². The number of ether oxygens (including phenoxy) is 1. The normalized spacial score (nSPS) is 15.3. The van der Waals surface area contributed by atoms with Gasteiger partial charge in [-0.05, 0) is 43.2 Å². The topological polar surface area (TPSA) is 66.9 Å². The van der Waals surface area contributed by atoms with Gasteiger partial charge in [-0.15, -0.1) is 0 Å². The smallest absolute Gasteiger partial charge is 0.243 e. The molecule has 0 spiro atoms. The van der Waals surface area contributed by atoms with E-state index in [1.165, 1.54) is 17.5 Å². The maximum atomic E-state index is 13.8. The van der Waals surface area contributed by atoms with Gasteiger partial charge in [-0.25, -0.2) is 12.8 Å². The van der Waals surface area contributed by atoms with Gasteiger partial charge in [0.2, 0.25) is 15.9 Å². The van der Waals surface area contributed by atoms with E-state index in [1.54, 1.807) is 41.3 Å². The average Bonchev–Trinajstić information content (AvgIpc) is 2.72. The predicted molar refractivity (Wildman–Crippen MR) is 108 cm³/mol. The van der Waals surface area contributed by atoms with Crippen LogP contribution in [0.5, 0.6) is 5.75 Å². The number of methoxy groups -OCH3 is 1.